The van der Waals surface area contributed by atoms with Crippen LogP contribution >= 0.6 is 8.25 Å². The van der Waals surface area contributed by atoms with Crippen LogP contribution in [0.15, 0.2) is 0 Å². The zero-order valence-corrected chi connectivity index (χ0v) is 15.2. The van der Waals surface area contributed by atoms with Crippen molar-refractivity contribution < 1.29 is 23.7 Å². The Bertz CT molecular complexity index is 226. The first-order chi connectivity index (χ1) is 8.10. The van der Waals surface area contributed by atoms with Crippen LogP contribution in [-0.2, 0) is 23.7 Å². The van der Waals surface area contributed by atoms with Gasteiger partial charge in [-0.25, -0.2) is 0 Å². The second-order valence-corrected chi connectivity index (χ2v) is 18.6. The fourth-order valence-electron chi connectivity index (χ4n) is 0.869. The van der Waals surface area contributed by atoms with Gasteiger partial charge >= 0.3 is 8.25 Å². The summed E-state index contributed by atoms with van der Waals surface area (Å²) in [6, 6.07) is 1.90. The molecule has 0 spiro atoms. The Labute approximate surface area is 113 Å². The first kappa shape index (κ1) is 18.4. The van der Waals surface area contributed by atoms with E-state index in [2.05, 4.69) is 48.6 Å². The van der Waals surface area contributed by atoms with Gasteiger partial charge in [0.25, 0.3) is 0 Å². The molecule has 8 heteroatoms. The van der Waals surface area contributed by atoms with Gasteiger partial charge in [0.1, 0.15) is 0 Å². The normalized spacial score (nSPS) is 12.8. The summed E-state index contributed by atoms with van der Waals surface area (Å²) in [5.74, 6) is 0. The van der Waals surface area contributed by atoms with E-state index in [1.165, 1.54) is 0 Å². The molecule has 0 unspecified atom stereocenters. The molecule has 0 aromatic carbocycles. The average Bonchev–Trinajstić information content (AvgIpc) is 2.17. The van der Waals surface area contributed by atoms with E-state index in [1.807, 2.05) is 0 Å². The molecule has 18 heavy (non-hydrogen) atoms. The monoisotopic (exact) mass is 313 g/mol. The van der Waals surface area contributed by atoms with Gasteiger partial charge in [0.05, 0.1) is 22.6 Å². The van der Waals surface area contributed by atoms with Crippen molar-refractivity contribution in [2.24, 2.45) is 0 Å². The molecule has 5 nitrogen and oxygen atoms in total. The second-order valence-electron chi connectivity index (χ2n) is 6.64. The third-order valence-corrected chi connectivity index (χ3v) is 5.96. The van der Waals surface area contributed by atoms with E-state index in [0.717, 1.165) is 12.1 Å². The lowest BCUT2D eigenvalue weighted by molar-refractivity contribution is -0.255. The van der Waals surface area contributed by atoms with Crippen molar-refractivity contribution in [3.63, 3.8) is 0 Å². The molecule has 0 aliphatic heterocycles. The standard InChI is InChI=1S/C10H26O5PSi2/c1-17(2,3)9-7-12-14-16(11)15-13-8-10-18(4,5)6/h7-10H2,1-6H3/q+1. The van der Waals surface area contributed by atoms with Crippen molar-refractivity contribution in [1.29, 1.82) is 0 Å². The Morgan fingerprint density at radius 3 is 1.39 bits per heavy atom. The van der Waals surface area contributed by atoms with E-state index < -0.39 is 24.4 Å². The predicted molar refractivity (Wildman–Crippen MR) is 78.0 cm³/mol. The maximum Gasteiger partial charge on any atom is 0.759 e. The number of hydrogen-bond acceptors (Lipinski definition) is 5. The molecule has 0 N–H and O–H groups in total. The molecule has 0 aromatic rings. The van der Waals surface area contributed by atoms with Gasteiger partial charge in [0, 0.05) is 20.7 Å². The molecular formula is C10H26O5PSi2+. The molecule has 0 saturated carbocycles. The fourth-order valence-corrected chi connectivity index (χ4v) is 2.61. The van der Waals surface area contributed by atoms with Gasteiger partial charge in [0.2, 0.25) is 0 Å². The number of rotatable bonds is 10. The molecule has 0 aliphatic carbocycles. The van der Waals surface area contributed by atoms with Gasteiger partial charge in [-0.3, -0.25) is 0 Å². The summed E-state index contributed by atoms with van der Waals surface area (Å²) in [5, 5.41) is 0. The van der Waals surface area contributed by atoms with Crippen LogP contribution in [0.25, 0.3) is 0 Å². The Kier molecular flexibility index (Phi) is 8.70. The fraction of sp³-hybridized carbons (Fsp3) is 1.00. The first-order valence-corrected chi connectivity index (χ1v) is 14.7. The Balaban J connectivity index is 3.44. The maximum absolute atomic E-state index is 11.2. The molecule has 0 radical (unpaired) electrons. The third kappa shape index (κ3) is 14.4. The predicted octanol–water partition coefficient (Wildman–Crippen LogP) is 4.22. The van der Waals surface area contributed by atoms with E-state index in [0.29, 0.717) is 13.2 Å². The van der Waals surface area contributed by atoms with Crippen LogP contribution in [0, 0.1) is 0 Å². The molecule has 0 heterocycles. The van der Waals surface area contributed by atoms with Crippen LogP contribution in [-0.4, -0.2) is 29.4 Å². The molecular weight excluding hydrogens is 287 g/mol. The van der Waals surface area contributed by atoms with Crippen molar-refractivity contribution in [2.45, 2.75) is 51.4 Å². The molecule has 108 valence electrons. The largest absolute Gasteiger partial charge is 0.759 e. The summed E-state index contributed by atoms with van der Waals surface area (Å²) < 4.78 is 20.3. The lowest BCUT2D eigenvalue weighted by atomic mass is 10.9. The minimum atomic E-state index is -2.34. The molecule has 0 amide bonds. The van der Waals surface area contributed by atoms with Crippen LogP contribution in [0.3, 0.4) is 0 Å². The van der Waals surface area contributed by atoms with E-state index in [-0.39, 0.29) is 0 Å². The Morgan fingerprint density at radius 1 is 0.778 bits per heavy atom. The van der Waals surface area contributed by atoms with Gasteiger partial charge in [-0.2, -0.15) is 9.78 Å². The molecule has 0 fully saturated rings. The van der Waals surface area contributed by atoms with Crippen molar-refractivity contribution in [1.82, 2.24) is 0 Å². The van der Waals surface area contributed by atoms with Crippen LogP contribution < -0.4 is 0 Å². The number of hydrogen-bond donors (Lipinski definition) is 0. The van der Waals surface area contributed by atoms with Gasteiger partial charge in [-0.15, -0.1) is 0 Å². The highest BCUT2D eigenvalue weighted by atomic mass is 31.1. The van der Waals surface area contributed by atoms with E-state index in [1.54, 1.807) is 0 Å². The maximum atomic E-state index is 11.2. The van der Waals surface area contributed by atoms with E-state index in [4.69, 9.17) is 9.78 Å². The van der Waals surface area contributed by atoms with Crippen molar-refractivity contribution in [3.8, 4) is 0 Å². The molecule has 0 aliphatic rings. The Morgan fingerprint density at radius 2 is 1.11 bits per heavy atom. The lowest BCUT2D eigenvalue weighted by Crippen LogP contribution is -2.21. The van der Waals surface area contributed by atoms with Crippen LogP contribution in [0.1, 0.15) is 0 Å². The first-order valence-electron chi connectivity index (χ1n) is 6.17. The van der Waals surface area contributed by atoms with Crippen LogP contribution in [0.2, 0.25) is 51.4 Å². The van der Waals surface area contributed by atoms with Gasteiger partial charge in [-0.05, 0) is 12.1 Å². The van der Waals surface area contributed by atoms with Crippen molar-refractivity contribution >= 4 is 24.4 Å². The molecule has 0 bridgehead atoms. The van der Waals surface area contributed by atoms with Gasteiger partial charge in [0.15, 0.2) is 0 Å². The minimum absolute atomic E-state index is 0.440. The zero-order valence-electron chi connectivity index (χ0n) is 12.3. The zero-order chi connectivity index (χ0) is 14.2. The van der Waals surface area contributed by atoms with Crippen molar-refractivity contribution in [2.75, 3.05) is 13.2 Å². The van der Waals surface area contributed by atoms with Crippen LogP contribution in [0.5, 0.6) is 0 Å². The van der Waals surface area contributed by atoms with E-state index >= 15 is 0 Å². The van der Waals surface area contributed by atoms with E-state index in [9.17, 15) is 4.57 Å². The smallest absolute Gasteiger partial charge is 0.187 e. The summed E-state index contributed by atoms with van der Waals surface area (Å²) >= 11 is 0. The molecule has 0 aromatic heterocycles. The summed E-state index contributed by atoms with van der Waals surface area (Å²) in [6.07, 6.45) is 0. The average molecular weight is 313 g/mol. The highest BCUT2D eigenvalue weighted by molar-refractivity contribution is 7.32. The highest BCUT2D eigenvalue weighted by Crippen LogP contribution is 2.25. The topological polar surface area (TPSA) is 54.0 Å². The second kappa shape index (κ2) is 8.53. The summed E-state index contributed by atoms with van der Waals surface area (Å²) in [6.45, 7) is 14.3. The molecule has 0 rings (SSSR count). The summed E-state index contributed by atoms with van der Waals surface area (Å²) in [4.78, 5) is 9.65. The highest BCUT2D eigenvalue weighted by Gasteiger charge is 2.25. The minimum Gasteiger partial charge on any atom is -0.187 e. The Hall–Kier alpha value is 0.374. The molecule has 0 saturated heterocycles. The molecule has 0 atom stereocenters. The summed E-state index contributed by atoms with van der Waals surface area (Å²) in [5.41, 5.74) is 0. The quantitative estimate of drug-likeness (QED) is 0.199. The van der Waals surface area contributed by atoms with Crippen LogP contribution in [0.4, 0.5) is 0 Å². The SMILES string of the molecule is C[Si](C)(C)CCOO[P+](=O)OOCC[Si](C)(C)C. The lowest BCUT2D eigenvalue weighted by Gasteiger charge is -2.13. The third-order valence-electron chi connectivity index (χ3n) is 2.10. The van der Waals surface area contributed by atoms with Gasteiger partial charge in [-0.1, -0.05) is 39.3 Å². The van der Waals surface area contributed by atoms with Crippen molar-refractivity contribution in [3.05, 3.63) is 0 Å². The van der Waals surface area contributed by atoms with Gasteiger partial charge < -0.3 is 0 Å². The summed E-state index contributed by atoms with van der Waals surface area (Å²) in [7, 11) is -4.64.